The van der Waals surface area contributed by atoms with Crippen LogP contribution in [-0.4, -0.2) is 205 Å². The second-order valence-corrected chi connectivity index (χ2v) is 36.0. The van der Waals surface area contributed by atoms with E-state index in [2.05, 4.69) is 27.7 Å². The number of esters is 4. The average Bonchev–Trinajstić information content (AvgIpc) is 0.755. The first-order chi connectivity index (χ1) is 57.2. The largest absolute Gasteiger partial charge is 0.472 e. The van der Waals surface area contributed by atoms with Crippen molar-refractivity contribution in [3.8, 4) is 0 Å². The van der Waals surface area contributed by atoms with Gasteiger partial charge >= 0.3 is 31.7 Å². The predicted molar refractivity (Wildman–Crippen MR) is 458 cm³/mol. The zero-order valence-corrected chi connectivity index (χ0v) is 75.1. The lowest BCUT2D eigenvalue weighted by Crippen LogP contribution is -2.70. The molecule has 2 saturated heterocycles. The van der Waals surface area contributed by atoms with Crippen LogP contribution in [0.3, 0.4) is 0 Å². The lowest BCUT2D eigenvalue weighted by molar-refractivity contribution is -0.360. The standard InChI is InChI=1S/C92H173O25P/c1-5-9-13-17-21-25-29-33-36-39-43-47-51-55-59-63-67-78(97)114-87-83(102)84(103)88(115-91-85(104)81(100)79(98)73(68-93)112-91)90(89(87)116-92-86(105)82(101)80(99)74(113-92)71-109-76(95)65-61-57-53-49-44-40-32-28-24-20-16-12-8-4)117-118(106,107)110-70-72(111-77(96)66-62-58-54-50-46-42-38-35-31-27-23-19-15-11-7-3)69-108-75(94)64-60-56-52-48-45-41-37-34-30-26-22-18-14-10-6-2/h72-74,79-93,98-105H,5-71H2,1-4H3,(H,106,107). The Labute approximate surface area is 712 Å². The normalized spacial score (nSPS) is 24.9. The summed E-state index contributed by atoms with van der Waals surface area (Å²) in [6, 6.07) is 0. The summed E-state index contributed by atoms with van der Waals surface area (Å²) in [5, 5.41) is 102. The van der Waals surface area contributed by atoms with Gasteiger partial charge in [0.2, 0.25) is 0 Å². The number of ether oxygens (including phenoxy) is 8. The van der Waals surface area contributed by atoms with Gasteiger partial charge in [0.05, 0.1) is 13.2 Å². The number of unbranched alkanes of at least 4 members (excludes halogenated alkanes) is 55. The van der Waals surface area contributed by atoms with E-state index in [4.69, 9.17) is 46.9 Å². The first-order valence-corrected chi connectivity index (χ1v) is 49.8. The predicted octanol–water partition coefficient (Wildman–Crippen LogP) is 18.2. The molecule has 26 heteroatoms. The third kappa shape index (κ3) is 51.2. The van der Waals surface area contributed by atoms with E-state index in [1.807, 2.05) is 0 Å². The van der Waals surface area contributed by atoms with Crippen molar-refractivity contribution in [2.75, 3.05) is 26.4 Å². The number of rotatable bonds is 79. The van der Waals surface area contributed by atoms with Crippen molar-refractivity contribution in [2.45, 2.75) is 536 Å². The zero-order valence-electron chi connectivity index (χ0n) is 74.2. The number of phosphoric ester groups is 1. The van der Waals surface area contributed by atoms with Gasteiger partial charge in [-0.05, 0) is 25.7 Å². The molecular weight excluding hydrogens is 1540 g/mol. The fourth-order valence-corrected chi connectivity index (χ4v) is 17.2. The quantitative estimate of drug-likeness (QED) is 0.0117. The number of carbonyl (C=O) groups excluding carboxylic acids is 4. The van der Waals surface area contributed by atoms with E-state index in [1.165, 1.54) is 218 Å². The summed E-state index contributed by atoms with van der Waals surface area (Å²) in [5.74, 6) is -2.94. The van der Waals surface area contributed by atoms with E-state index < -0.39 is 162 Å². The van der Waals surface area contributed by atoms with Gasteiger partial charge in [0.25, 0.3) is 0 Å². The van der Waals surface area contributed by atoms with Gasteiger partial charge in [0.1, 0.15) is 92.6 Å². The van der Waals surface area contributed by atoms with Crippen molar-refractivity contribution >= 4 is 31.7 Å². The minimum Gasteiger partial charge on any atom is -0.463 e. The Morgan fingerprint density at radius 1 is 0.305 bits per heavy atom. The maximum Gasteiger partial charge on any atom is 0.472 e. The molecule has 2 aliphatic heterocycles. The van der Waals surface area contributed by atoms with Crippen LogP contribution < -0.4 is 0 Å². The Kier molecular flexibility index (Phi) is 66.5. The Morgan fingerprint density at radius 3 is 0.924 bits per heavy atom. The molecule has 18 atom stereocenters. The maximum atomic E-state index is 14.9. The fourth-order valence-electron chi connectivity index (χ4n) is 16.2. The summed E-state index contributed by atoms with van der Waals surface area (Å²) in [6.07, 6.45) is 29.3. The molecule has 3 fully saturated rings. The molecule has 1 aliphatic carbocycles. The van der Waals surface area contributed by atoms with Crippen LogP contribution in [-0.2, 0) is 70.7 Å². The number of hydrogen-bond donors (Lipinski definition) is 10. The summed E-state index contributed by atoms with van der Waals surface area (Å²) < 4.78 is 73.5. The van der Waals surface area contributed by atoms with Gasteiger partial charge in [0.15, 0.2) is 24.8 Å². The molecule has 2 heterocycles. The maximum absolute atomic E-state index is 14.9. The van der Waals surface area contributed by atoms with Crippen LogP contribution in [0.2, 0.25) is 0 Å². The first-order valence-electron chi connectivity index (χ1n) is 48.3. The van der Waals surface area contributed by atoms with Gasteiger partial charge in [-0.1, -0.05) is 381 Å². The fraction of sp³-hybridized carbons (Fsp3) is 0.957. The van der Waals surface area contributed by atoms with Crippen LogP contribution in [0.1, 0.15) is 432 Å². The van der Waals surface area contributed by atoms with E-state index in [0.717, 1.165) is 128 Å². The molecule has 0 spiro atoms. The SMILES string of the molecule is CCCCCCCCCCCCCCCCCCC(=O)OC1C(O)C(O)C(OC2OC(CO)C(O)C(O)C2O)C(OP(=O)(O)OCC(COC(=O)CCCCCCCCCCCCCCCCC)OC(=O)CCCCCCCCCCCCCCCCC)C1OC1OC(COC(=O)CCCCCCCCCCCCCCC)C(O)C(O)C1O. The van der Waals surface area contributed by atoms with E-state index in [9.17, 15) is 74.6 Å². The first kappa shape index (κ1) is 110. The van der Waals surface area contributed by atoms with E-state index >= 15 is 0 Å². The van der Waals surface area contributed by atoms with Gasteiger partial charge in [-0.25, -0.2) is 4.57 Å². The van der Waals surface area contributed by atoms with Gasteiger partial charge < -0.3 is 88.7 Å². The third-order valence-electron chi connectivity index (χ3n) is 23.9. The van der Waals surface area contributed by atoms with Crippen molar-refractivity contribution in [1.29, 1.82) is 0 Å². The molecule has 118 heavy (non-hydrogen) atoms. The Hall–Kier alpha value is -2.53. The van der Waals surface area contributed by atoms with Crippen LogP contribution in [0, 0.1) is 0 Å². The summed E-state index contributed by atoms with van der Waals surface area (Å²) >= 11 is 0. The number of phosphoric acid groups is 1. The van der Waals surface area contributed by atoms with E-state index in [0.29, 0.717) is 32.1 Å². The van der Waals surface area contributed by atoms with Crippen molar-refractivity contribution in [2.24, 2.45) is 0 Å². The van der Waals surface area contributed by atoms with Crippen LogP contribution in [0.4, 0.5) is 0 Å². The summed E-state index contributed by atoms with van der Waals surface area (Å²) in [6.45, 7) is 5.65. The second-order valence-electron chi connectivity index (χ2n) is 34.6. The van der Waals surface area contributed by atoms with E-state index in [1.54, 1.807) is 0 Å². The zero-order chi connectivity index (χ0) is 86.1. The van der Waals surface area contributed by atoms with Crippen LogP contribution in [0.15, 0.2) is 0 Å². The van der Waals surface area contributed by atoms with Crippen molar-refractivity contribution < 1.29 is 122 Å². The van der Waals surface area contributed by atoms with Crippen LogP contribution in [0.5, 0.6) is 0 Å². The number of hydrogen-bond acceptors (Lipinski definition) is 24. The molecule has 25 nitrogen and oxygen atoms in total. The van der Waals surface area contributed by atoms with Gasteiger partial charge in [-0.2, -0.15) is 0 Å². The lowest BCUT2D eigenvalue weighted by atomic mass is 9.84. The van der Waals surface area contributed by atoms with E-state index in [-0.39, 0.29) is 25.7 Å². The average molecular weight is 1710 g/mol. The Balaban J connectivity index is 1.91. The molecule has 0 bridgehead atoms. The highest BCUT2D eigenvalue weighted by atomic mass is 31.2. The van der Waals surface area contributed by atoms with Crippen molar-refractivity contribution in [3.05, 3.63) is 0 Å². The van der Waals surface area contributed by atoms with Gasteiger partial charge in [-0.3, -0.25) is 28.2 Å². The van der Waals surface area contributed by atoms with Crippen molar-refractivity contribution in [3.63, 3.8) is 0 Å². The van der Waals surface area contributed by atoms with Crippen LogP contribution in [0.25, 0.3) is 0 Å². The second kappa shape index (κ2) is 71.6. The molecular formula is C92H173O25P. The third-order valence-corrected chi connectivity index (χ3v) is 24.8. The van der Waals surface area contributed by atoms with Gasteiger partial charge in [0, 0.05) is 25.7 Å². The minimum absolute atomic E-state index is 0.0199. The molecule has 3 aliphatic rings. The number of carbonyl (C=O) groups is 4. The molecule has 696 valence electrons. The molecule has 1 saturated carbocycles. The molecule has 0 amide bonds. The molecule has 0 aromatic carbocycles. The highest BCUT2D eigenvalue weighted by molar-refractivity contribution is 7.47. The van der Waals surface area contributed by atoms with Crippen molar-refractivity contribution in [1.82, 2.24) is 0 Å². The Morgan fingerprint density at radius 2 is 0.585 bits per heavy atom. The smallest absolute Gasteiger partial charge is 0.463 e. The van der Waals surface area contributed by atoms with Crippen LogP contribution >= 0.6 is 7.82 Å². The summed E-state index contributed by atoms with van der Waals surface area (Å²) in [4.78, 5) is 66.5. The highest BCUT2D eigenvalue weighted by Gasteiger charge is 2.60. The summed E-state index contributed by atoms with van der Waals surface area (Å²) in [7, 11) is -5.80. The molecule has 0 aromatic heterocycles. The highest BCUT2D eigenvalue weighted by Crippen LogP contribution is 2.49. The minimum atomic E-state index is -5.80. The molecule has 18 unspecified atom stereocenters. The number of aliphatic hydroxyl groups is 9. The topological polar surface area (TPSA) is 380 Å². The molecule has 0 radical (unpaired) electrons. The monoisotopic (exact) mass is 1710 g/mol. The summed E-state index contributed by atoms with van der Waals surface area (Å²) in [5.41, 5.74) is 0. The number of aliphatic hydroxyl groups excluding tert-OH is 9. The Bertz CT molecular complexity index is 2450. The van der Waals surface area contributed by atoms with Gasteiger partial charge in [-0.15, -0.1) is 0 Å². The lowest BCUT2D eigenvalue weighted by Gasteiger charge is -2.50. The molecule has 0 aromatic rings. The molecule has 10 N–H and O–H groups in total. The molecule has 3 rings (SSSR count).